The fourth-order valence-corrected chi connectivity index (χ4v) is 3.56. The fourth-order valence-electron chi connectivity index (χ4n) is 3.56. The summed E-state index contributed by atoms with van der Waals surface area (Å²) >= 11 is 0. The maximum Gasteiger partial charge on any atom is 0.392 e. The van der Waals surface area contributed by atoms with Crippen LogP contribution in [0.2, 0.25) is 0 Å². The van der Waals surface area contributed by atoms with E-state index in [1.54, 1.807) is 42.5 Å². The van der Waals surface area contributed by atoms with E-state index < -0.39 is 23.9 Å². The molecule has 0 spiro atoms. The first-order valence-electron chi connectivity index (χ1n) is 8.65. The van der Waals surface area contributed by atoms with Crippen molar-refractivity contribution in [2.45, 2.75) is 31.9 Å². The number of hydrogen-bond donors (Lipinski definition) is 1. The van der Waals surface area contributed by atoms with Crippen molar-refractivity contribution in [3.05, 3.63) is 36.3 Å². The molecule has 2 aromatic heterocycles. The van der Waals surface area contributed by atoms with Gasteiger partial charge in [0.1, 0.15) is 0 Å². The van der Waals surface area contributed by atoms with E-state index in [-0.39, 0.29) is 13.0 Å². The van der Waals surface area contributed by atoms with E-state index in [0.717, 1.165) is 6.42 Å². The SMILES string of the molecule is Cn1cc(-c2ncccc2C(=O)NC[C@H]2CCCC[C@H]2C(F)(F)F)cn1. The molecule has 26 heavy (non-hydrogen) atoms. The molecule has 1 amide bonds. The molecule has 1 N–H and O–H groups in total. The largest absolute Gasteiger partial charge is 0.392 e. The average Bonchev–Trinajstić information content (AvgIpc) is 3.05. The van der Waals surface area contributed by atoms with Gasteiger partial charge in [-0.1, -0.05) is 12.8 Å². The maximum atomic E-state index is 13.2. The summed E-state index contributed by atoms with van der Waals surface area (Å²) in [5.41, 5.74) is 1.48. The Balaban J connectivity index is 1.73. The summed E-state index contributed by atoms with van der Waals surface area (Å²) in [4.78, 5) is 16.8. The third-order valence-electron chi connectivity index (χ3n) is 4.88. The van der Waals surface area contributed by atoms with E-state index >= 15 is 0 Å². The van der Waals surface area contributed by atoms with Gasteiger partial charge in [0.25, 0.3) is 5.91 Å². The highest BCUT2D eigenvalue weighted by Crippen LogP contribution is 2.41. The minimum atomic E-state index is -4.22. The van der Waals surface area contributed by atoms with Gasteiger partial charge in [0.05, 0.1) is 23.4 Å². The Bertz CT molecular complexity index is 772. The zero-order valence-corrected chi connectivity index (χ0v) is 14.5. The number of aromatic nitrogens is 3. The van der Waals surface area contributed by atoms with E-state index in [4.69, 9.17) is 0 Å². The highest BCUT2D eigenvalue weighted by atomic mass is 19.4. The number of carbonyl (C=O) groups is 1. The number of pyridine rings is 1. The lowest BCUT2D eigenvalue weighted by Crippen LogP contribution is -2.40. The molecule has 0 bridgehead atoms. The Labute approximate surface area is 149 Å². The first kappa shape index (κ1) is 18.4. The number of aryl methyl sites for hydroxylation is 1. The average molecular weight is 366 g/mol. The number of alkyl halides is 3. The van der Waals surface area contributed by atoms with Crippen LogP contribution in [0.15, 0.2) is 30.7 Å². The van der Waals surface area contributed by atoms with Gasteiger partial charge in [-0.05, 0) is 30.9 Å². The molecular formula is C18H21F3N4O. The lowest BCUT2D eigenvalue weighted by Gasteiger charge is -2.33. The van der Waals surface area contributed by atoms with Crippen LogP contribution in [0.4, 0.5) is 13.2 Å². The first-order valence-corrected chi connectivity index (χ1v) is 8.65. The van der Waals surface area contributed by atoms with Crippen molar-refractivity contribution < 1.29 is 18.0 Å². The van der Waals surface area contributed by atoms with Crippen molar-refractivity contribution in [1.82, 2.24) is 20.1 Å². The van der Waals surface area contributed by atoms with Gasteiger partial charge in [-0.2, -0.15) is 18.3 Å². The number of carbonyl (C=O) groups excluding carboxylic acids is 1. The Morgan fingerprint density at radius 1 is 1.35 bits per heavy atom. The molecule has 1 aliphatic carbocycles. The zero-order chi connectivity index (χ0) is 18.7. The molecule has 5 nitrogen and oxygen atoms in total. The van der Waals surface area contributed by atoms with Crippen molar-refractivity contribution >= 4 is 5.91 Å². The molecule has 0 aliphatic heterocycles. The molecule has 8 heteroatoms. The van der Waals surface area contributed by atoms with Crippen LogP contribution in [0, 0.1) is 11.8 Å². The van der Waals surface area contributed by atoms with Crippen LogP contribution in [-0.2, 0) is 7.05 Å². The Hall–Kier alpha value is -2.38. The Morgan fingerprint density at radius 2 is 2.12 bits per heavy atom. The molecule has 2 heterocycles. The second kappa shape index (κ2) is 7.47. The summed E-state index contributed by atoms with van der Waals surface area (Å²) in [6.45, 7) is 0.0182. The zero-order valence-electron chi connectivity index (χ0n) is 14.5. The van der Waals surface area contributed by atoms with Crippen molar-refractivity contribution in [1.29, 1.82) is 0 Å². The van der Waals surface area contributed by atoms with Crippen molar-refractivity contribution in [2.24, 2.45) is 18.9 Å². The first-order chi connectivity index (χ1) is 12.4. The highest BCUT2D eigenvalue weighted by Gasteiger charge is 2.45. The second-order valence-corrected chi connectivity index (χ2v) is 6.70. The number of nitrogens with one attached hydrogen (secondary N) is 1. The summed E-state index contributed by atoms with van der Waals surface area (Å²) in [5, 5.41) is 6.75. The Morgan fingerprint density at radius 3 is 2.81 bits per heavy atom. The van der Waals surface area contributed by atoms with Gasteiger partial charge in [0.2, 0.25) is 0 Å². The lowest BCUT2D eigenvalue weighted by atomic mass is 9.78. The summed E-state index contributed by atoms with van der Waals surface area (Å²) in [7, 11) is 1.76. The lowest BCUT2D eigenvalue weighted by molar-refractivity contribution is -0.195. The van der Waals surface area contributed by atoms with Gasteiger partial charge in [-0.25, -0.2) is 0 Å². The van der Waals surface area contributed by atoms with Crippen LogP contribution in [-0.4, -0.2) is 33.4 Å². The third-order valence-corrected chi connectivity index (χ3v) is 4.88. The van der Waals surface area contributed by atoms with E-state index in [1.807, 2.05) is 0 Å². The van der Waals surface area contributed by atoms with Gasteiger partial charge in [0.15, 0.2) is 0 Å². The topological polar surface area (TPSA) is 59.8 Å². The van der Waals surface area contributed by atoms with E-state index in [2.05, 4.69) is 15.4 Å². The number of nitrogens with zero attached hydrogens (tertiary/aromatic N) is 3. The van der Waals surface area contributed by atoms with E-state index in [9.17, 15) is 18.0 Å². The molecule has 0 saturated heterocycles. The van der Waals surface area contributed by atoms with Crippen molar-refractivity contribution in [3.8, 4) is 11.3 Å². The molecular weight excluding hydrogens is 345 g/mol. The Kier molecular flexibility index (Phi) is 5.29. The van der Waals surface area contributed by atoms with Crippen LogP contribution in [0.25, 0.3) is 11.3 Å². The van der Waals surface area contributed by atoms with Gasteiger partial charge < -0.3 is 5.32 Å². The van der Waals surface area contributed by atoms with Crippen LogP contribution < -0.4 is 5.32 Å². The summed E-state index contributed by atoms with van der Waals surface area (Å²) in [6, 6.07) is 3.25. The third kappa shape index (κ3) is 4.05. The van der Waals surface area contributed by atoms with Gasteiger partial charge >= 0.3 is 6.18 Å². The molecule has 1 saturated carbocycles. The van der Waals surface area contributed by atoms with E-state index in [0.29, 0.717) is 29.7 Å². The molecule has 0 unspecified atom stereocenters. The minimum Gasteiger partial charge on any atom is -0.352 e. The van der Waals surface area contributed by atoms with Crippen molar-refractivity contribution in [2.75, 3.05) is 6.54 Å². The number of amides is 1. The van der Waals surface area contributed by atoms with Gasteiger partial charge in [0, 0.05) is 31.5 Å². The van der Waals surface area contributed by atoms with Gasteiger partial charge in [-0.3, -0.25) is 14.5 Å². The number of hydrogen-bond acceptors (Lipinski definition) is 3. The normalized spacial score (nSPS) is 20.8. The molecule has 0 radical (unpaired) electrons. The predicted molar refractivity (Wildman–Crippen MR) is 90.3 cm³/mol. The molecule has 0 aromatic carbocycles. The fraction of sp³-hybridized carbons (Fsp3) is 0.500. The van der Waals surface area contributed by atoms with Crippen LogP contribution in [0.5, 0.6) is 0 Å². The standard InChI is InChI=1S/C18H21F3N4O/c1-25-11-13(10-24-25)16-14(6-4-8-22-16)17(26)23-9-12-5-2-3-7-15(12)18(19,20)21/h4,6,8,10-12,15H,2-3,5,7,9H2,1H3,(H,23,26)/t12-,15-/m1/s1. The number of rotatable bonds is 4. The van der Waals surface area contributed by atoms with E-state index in [1.165, 1.54) is 0 Å². The van der Waals surface area contributed by atoms with Crippen LogP contribution in [0.3, 0.4) is 0 Å². The van der Waals surface area contributed by atoms with Gasteiger partial charge in [-0.15, -0.1) is 0 Å². The predicted octanol–water partition coefficient (Wildman–Crippen LogP) is 3.58. The highest BCUT2D eigenvalue weighted by molar-refractivity contribution is 5.99. The smallest absolute Gasteiger partial charge is 0.352 e. The quantitative estimate of drug-likeness (QED) is 0.900. The monoisotopic (exact) mass is 366 g/mol. The maximum absolute atomic E-state index is 13.2. The molecule has 140 valence electrons. The number of halogens is 3. The van der Waals surface area contributed by atoms with Crippen LogP contribution >= 0.6 is 0 Å². The minimum absolute atomic E-state index is 0.0182. The summed E-state index contributed by atoms with van der Waals surface area (Å²) in [5.74, 6) is -2.34. The summed E-state index contributed by atoms with van der Waals surface area (Å²) in [6.07, 6.45) is 2.65. The molecule has 2 atom stereocenters. The molecule has 1 fully saturated rings. The summed E-state index contributed by atoms with van der Waals surface area (Å²) < 4.78 is 41.2. The molecule has 1 aliphatic rings. The second-order valence-electron chi connectivity index (χ2n) is 6.70. The van der Waals surface area contributed by atoms with Crippen molar-refractivity contribution in [3.63, 3.8) is 0 Å². The molecule has 2 aromatic rings. The molecule has 3 rings (SSSR count). The van der Waals surface area contributed by atoms with Crippen LogP contribution in [0.1, 0.15) is 36.0 Å².